The average Bonchev–Trinajstić information content (AvgIpc) is 3.21. The molecule has 9 heteroatoms. The minimum atomic E-state index is -0.460. The summed E-state index contributed by atoms with van der Waals surface area (Å²) in [6.07, 6.45) is 2.38. The van der Waals surface area contributed by atoms with Crippen molar-refractivity contribution >= 4 is 23.4 Å². The molecule has 7 N–H and O–H groups in total. The molecule has 0 unspecified atom stereocenters. The second kappa shape index (κ2) is 10.9. The van der Waals surface area contributed by atoms with Gasteiger partial charge in [0.15, 0.2) is 0 Å². The number of benzene rings is 2. The maximum absolute atomic E-state index is 11.3. The maximum atomic E-state index is 11.3. The van der Waals surface area contributed by atoms with Gasteiger partial charge in [-0.25, -0.2) is 4.98 Å². The average molecular weight is 446 g/mol. The molecule has 170 valence electrons. The Morgan fingerprint density at radius 3 is 2.45 bits per heavy atom. The van der Waals surface area contributed by atoms with Crippen LogP contribution in [0.1, 0.15) is 27.2 Å². The molecule has 33 heavy (non-hydrogen) atoms. The summed E-state index contributed by atoms with van der Waals surface area (Å²) in [5.74, 6) is 0.220. The van der Waals surface area contributed by atoms with Crippen molar-refractivity contribution in [2.75, 3.05) is 17.7 Å². The van der Waals surface area contributed by atoms with Crippen LogP contribution in [0.25, 0.3) is 11.3 Å². The summed E-state index contributed by atoms with van der Waals surface area (Å²) >= 11 is 0. The fourth-order valence-electron chi connectivity index (χ4n) is 3.13. The van der Waals surface area contributed by atoms with Gasteiger partial charge >= 0.3 is 0 Å². The van der Waals surface area contributed by atoms with Crippen molar-refractivity contribution < 1.29 is 9.90 Å². The van der Waals surface area contributed by atoms with E-state index in [1.165, 1.54) is 5.56 Å². The number of anilines is 3. The Labute approximate surface area is 191 Å². The Balaban J connectivity index is 0.000000286. The van der Waals surface area contributed by atoms with Crippen LogP contribution in [-0.4, -0.2) is 37.8 Å². The topological polar surface area (TPSA) is 156 Å². The normalized spacial score (nSPS) is 10.3. The first-order valence-electron chi connectivity index (χ1n) is 10.3. The number of aromatic amines is 1. The van der Waals surface area contributed by atoms with Crippen LogP contribution in [0.15, 0.2) is 60.8 Å². The largest absolute Gasteiger partial charge is 0.396 e. The monoisotopic (exact) mass is 445 g/mol. The van der Waals surface area contributed by atoms with Crippen molar-refractivity contribution in [2.45, 2.75) is 20.3 Å². The summed E-state index contributed by atoms with van der Waals surface area (Å²) in [6.45, 7) is 3.95. The lowest BCUT2D eigenvalue weighted by Crippen LogP contribution is -2.12. The molecule has 0 saturated carbocycles. The van der Waals surface area contributed by atoms with Gasteiger partial charge in [0.1, 0.15) is 5.82 Å². The van der Waals surface area contributed by atoms with Crippen molar-refractivity contribution in [2.24, 2.45) is 5.73 Å². The van der Waals surface area contributed by atoms with Gasteiger partial charge in [0.2, 0.25) is 11.9 Å². The predicted octanol–water partition coefficient (Wildman–Crippen LogP) is 3.13. The number of aromatic nitrogens is 4. The van der Waals surface area contributed by atoms with Gasteiger partial charge in [-0.15, -0.1) is 0 Å². The van der Waals surface area contributed by atoms with Crippen molar-refractivity contribution in [3.63, 3.8) is 0 Å². The lowest BCUT2D eigenvalue weighted by Gasteiger charge is -2.09. The van der Waals surface area contributed by atoms with Crippen LogP contribution >= 0.6 is 0 Å². The minimum absolute atomic E-state index is 0.240. The molecule has 4 aromatic rings. The van der Waals surface area contributed by atoms with E-state index in [9.17, 15) is 4.79 Å². The van der Waals surface area contributed by atoms with Gasteiger partial charge in [-0.2, -0.15) is 10.1 Å². The number of hydrogen-bond donors (Lipinski definition) is 5. The van der Waals surface area contributed by atoms with E-state index in [0.29, 0.717) is 28.6 Å². The van der Waals surface area contributed by atoms with Crippen LogP contribution in [0.2, 0.25) is 0 Å². The SMILES string of the molecule is Cc1cc(-c2cnc(Nc3ccc(C(N)=O)c(C)c3)nc2N)n[nH]1.OCCc1ccccc1. The lowest BCUT2D eigenvalue weighted by molar-refractivity contribution is 0.0999. The molecule has 2 aromatic heterocycles. The number of nitrogens with one attached hydrogen (secondary N) is 2. The standard InChI is InChI=1S/C16H17N7O.C8H10O/c1-8-5-10(3-4-11(8)15(18)24)20-16-19-7-12(14(17)21-16)13-6-9(2)22-23-13;9-7-6-8-4-2-1-3-5-8/h3-7H,1-2H3,(H2,18,24)(H,22,23)(H3,17,19,20,21);1-5,9H,6-7H2. The van der Waals surface area contributed by atoms with E-state index in [2.05, 4.69) is 25.5 Å². The van der Waals surface area contributed by atoms with Gasteiger partial charge < -0.3 is 21.9 Å². The van der Waals surface area contributed by atoms with Crippen molar-refractivity contribution in [3.05, 3.63) is 83.2 Å². The Morgan fingerprint density at radius 2 is 1.88 bits per heavy atom. The molecule has 2 heterocycles. The number of aliphatic hydroxyl groups excluding tert-OH is 1. The number of H-pyrrole nitrogens is 1. The highest BCUT2D eigenvalue weighted by Crippen LogP contribution is 2.24. The summed E-state index contributed by atoms with van der Waals surface area (Å²) in [6, 6.07) is 17.0. The number of nitrogens with two attached hydrogens (primary N) is 2. The zero-order valence-electron chi connectivity index (χ0n) is 18.5. The predicted molar refractivity (Wildman–Crippen MR) is 129 cm³/mol. The van der Waals surface area contributed by atoms with Crippen molar-refractivity contribution in [1.82, 2.24) is 20.2 Å². The van der Waals surface area contributed by atoms with Crippen LogP contribution in [0, 0.1) is 13.8 Å². The molecule has 1 amide bonds. The molecular formula is C24H27N7O2. The molecular weight excluding hydrogens is 418 g/mol. The van der Waals surface area contributed by atoms with E-state index in [1.807, 2.05) is 50.2 Å². The van der Waals surface area contributed by atoms with Crippen LogP contribution in [-0.2, 0) is 6.42 Å². The van der Waals surface area contributed by atoms with Crippen molar-refractivity contribution in [3.8, 4) is 11.3 Å². The van der Waals surface area contributed by atoms with Gasteiger partial charge in [-0.3, -0.25) is 9.89 Å². The summed E-state index contributed by atoms with van der Waals surface area (Å²) in [5.41, 5.74) is 16.8. The molecule has 0 saturated heterocycles. The number of aryl methyl sites for hydroxylation is 2. The number of carbonyl (C=O) groups excluding carboxylic acids is 1. The number of nitrogens with zero attached hydrogens (tertiary/aromatic N) is 3. The summed E-state index contributed by atoms with van der Waals surface area (Å²) in [4.78, 5) is 19.8. The number of rotatable bonds is 6. The number of primary amides is 1. The van der Waals surface area contributed by atoms with E-state index in [4.69, 9.17) is 16.6 Å². The van der Waals surface area contributed by atoms with E-state index in [1.54, 1.807) is 24.4 Å². The van der Waals surface area contributed by atoms with Gasteiger partial charge in [0.05, 0.1) is 11.3 Å². The Kier molecular flexibility index (Phi) is 7.72. The highest BCUT2D eigenvalue weighted by Gasteiger charge is 2.11. The molecule has 0 aliphatic carbocycles. The Morgan fingerprint density at radius 1 is 1.12 bits per heavy atom. The molecule has 4 rings (SSSR count). The second-order valence-corrected chi connectivity index (χ2v) is 7.41. The molecule has 0 atom stereocenters. The maximum Gasteiger partial charge on any atom is 0.248 e. The second-order valence-electron chi connectivity index (χ2n) is 7.41. The number of nitrogen functional groups attached to an aromatic ring is 1. The molecule has 0 radical (unpaired) electrons. The quantitative estimate of drug-likeness (QED) is 0.305. The van der Waals surface area contributed by atoms with E-state index in [-0.39, 0.29) is 6.61 Å². The zero-order valence-corrected chi connectivity index (χ0v) is 18.5. The Hall–Kier alpha value is -4.24. The smallest absolute Gasteiger partial charge is 0.248 e. The first kappa shape index (κ1) is 23.4. The third kappa shape index (κ3) is 6.37. The molecule has 2 aromatic carbocycles. The highest BCUT2D eigenvalue weighted by molar-refractivity contribution is 5.94. The van der Waals surface area contributed by atoms with Gasteiger partial charge in [0, 0.05) is 29.7 Å². The Bertz CT molecular complexity index is 1220. The van der Waals surface area contributed by atoms with Gasteiger partial charge in [-0.1, -0.05) is 30.3 Å². The number of amides is 1. The fourth-order valence-corrected chi connectivity index (χ4v) is 3.13. The lowest BCUT2D eigenvalue weighted by atomic mass is 10.1. The van der Waals surface area contributed by atoms with E-state index >= 15 is 0 Å². The third-order valence-corrected chi connectivity index (χ3v) is 4.79. The van der Waals surface area contributed by atoms with E-state index < -0.39 is 5.91 Å². The zero-order chi connectivity index (χ0) is 23.8. The third-order valence-electron chi connectivity index (χ3n) is 4.79. The highest BCUT2D eigenvalue weighted by atomic mass is 16.3. The van der Waals surface area contributed by atoms with Crippen LogP contribution in [0.4, 0.5) is 17.5 Å². The fraction of sp³-hybridized carbons (Fsp3) is 0.167. The van der Waals surface area contributed by atoms with Crippen LogP contribution < -0.4 is 16.8 Å². The number of hydrogen-bond acceptors (Lipinski definition) is 7. The number of aliphatic hydroxyl groups is 1. The molecule has 0 bridgehead atoms. The van der Waals surface area contributed by atoms with Gasteiger partial charge in [0.25, 0.3) is 0 Å². The van der Waals surface area contributed by atoms with Crippen LogP contribution in [0.5, 0.6) is 0 Å². The van der Waals surface area contributed by atoms with Crippen LogP contribution in [0.3, 0.4) is 0 Å². The minimum Gasteiger partial charge on any atom is -0.396 e. The number of carbonyl (C=O) groups is 1. The van der Waals surface area contributed by atoms with E-state index in [0.717, 1.165) is 23.4 Å². The molecule has 0 spiro atoms. The first-order chi connectivity index (χ1) is 15.9. The summed E-state index contributed by atoms with van der Waals surface area (Å²) in [5, 5.41) is 18.6. The first-order valence-corrected chi connectivity index (χ1v) is 10.3. The molecule has 0 aliphatic rings. The van der Waals surface area contributed by atoms with Gasteiger partial charge in [-0.05, 0) is 55.7 Å². The molecule has 0 aliphatic heterocycles. The summed E-state index contributed by atoms with van der Waals surface area (Å²) in [7, 11) is 0. The molecule has 0 fully saturated rings. The molecule has 9 nitrogen and oxygen atoms in total. The summed E-state index contributed by atoms with van der Waals surface area (Å²) < 4.78 is 0. The van der Waals surface area contributed by atoms with Crippen molar-refractivity contribution in [1.29, 1.82) is 0 Å².